The molecule has 0 amide bonds. The van der Waals surface area contributed by atoms with Gasteiger partial charge in [-0.05, 0) is 28.3 Å². The van der Waals surface area contributed by atoms with Crippen molar-refractivity contribution in [1.29, 1.82) is 0 Å². The van der Waals surface area contributed by atoms with Gasteiger partial charge in [0.05, 0.1) is 19.3 Å². The lowest BCUT2D eigenvalue weighted by Crippen LogP contribution is -2.23. The van der Waals surface area contributed by atoms with Gasteiger partial charge in [0.2, 0.25) is 0 Å². The van der Waals surface area contributed by atoms with Crippen LogP contribution < -0.4 is 5.48 Å². The maximum Gasteiger partial charge on any atom is 0.0937 e. The number of benzene rings is 2. The van der Waals surface area contributed by atoms with Gasteiger partial charge in [-0.3, -0.25) is 0 Å². The fraction of sp³-hybridized carbons (Fsp3) is 0.375. The normalized spacial score (nSPS) is 13.1. The summed E-state index contributed by atoms with van der Waals surface area (Å²) in [5, 5.41) is 12.4. The van der Waals surface area contributed by atoms with Crippen molar-refractivity contribution >= 4 is 10.8 Å². The standard InChI is InChI=1S/C16H21NO2/c1-12(2)11-19-17-10-16(18)15-8-7-13-5-3-4-6-14(13)9-15/h3-9,12,16-18H,10-11H2,1-2H3. The lowest BCUT2D eigenvalue weighted by molar-refractivity contribution is 0.000360. The smallest absolute Gasteiger partial charge is 0.0937 e. The number of aliphatic hydroxyl groups excluding tert-OH is 1. The fourth-order valence-corrected chi connectivity index (χ4v) is 1.90. The third kappa shape index (κ3) is 4.03. The van der Waals surface area contributed by atoms with E-state index in [0.29, 0.717) is 19.1 Å². The molecule has 19 heavy (non-hydrogen) atoms. The number of rotatable bonds is 6. The maximum atomic E-state index is 10.1. The van der Waals surface area contributed by atoms with Crippen LogP contribution in [-0.4, -0.2) is 18.3 Å². The first-order valence-electron chi connectivity index (χ1n) is 6.68. The van der Waals surface area contributed by atoms with Crippen LogP contribution in [-0.2, 0) is 4.84 Å². The molecule has 0 spiro atoms. The van der Waals surface area contributed by atoms with Crippen LogP contribution in [0.4, 0.5) is 0 Å². The monoisotopic (exact) mass is 259 g/mol. The minimum absolute atomic E-state index is 0.394. The zero-order chi connectivity index (χ0) is 13.7. The zero-order valence-electron chi connectivity index (χ0n) is 11.5. The van der Waals surface area contributed by atoms with Crippen molar-refractivity contribution in [3.05, 3.63) is 48.0 Å². The summed E-state index contributed by atoms with van der Waals surface area (Å²) in [7, 11) is 0. The van der Waals surface area contributed by atoms with E-state index in [1.807, 2.05) is 36.4 Å². The Bertz CT molecular complexity index is 525. The largest absolute Gasteiger partial charge is 0.387 e. The number of fused-ring (bicyclic) bond motifs is 1. The van der Waals surface area contributed by atoms with Crippen molar-refractivity contribution < 1.29 is 9.94 Å². The average Bonchev–Trinajstić information content (AvgIpc) is 2.42. The Morgan fingerprint density at radius 1 is 1.11 bits per heavy atom. The van der Waals surface area contributed by atoms with E-state index in [1.165, 1.54) is 5.39 Å². The number of hydroxylamine groups is 1. The van der Waals surface area contributed by atoms with E-state index in [4.69, 9.17) is 4.84 Å². The van der Waals surface area contributed by atoms with E-state index in [1.54, 1.807) is 0 Å². The van der Waals surface area contributed by atoms with Crippen molar-refractivity contribution in [2.75, 3.05) is 13.2 Å². The van der Waals surface area contributed by atoms with E-state index < -0.39 is 6.10 Å². The highest BCUT2D eigenvalue weighted by atomic mass is 16.6. The SMILES string of the molecule is CC(C)CONCC(O)c1ccc2ccccc2c1. The summed E-state index contributed by atoms with van der Waals surface area (Å²) in [5.41, 5.74) is 3.72. The summed E-state index contributed by atoms with van der Waals surface area (Å²) in [6.45, 7) is 5.21. The molecule has 0 aromatic heterocycles. The quantitative estimate of drug-likeness (QED) is 0.619. The predicted molar refractivity (Wildman–Crippen MR) is 77.7 cm³/mol. The van der Waals surface area contributed by atoms with Gasteiger partial charge in [0, 0.05) is 0 Å². The van der Waals surface area contributed by atoms with Gasteiger partial charge in [-0.1, -0.05) is 50.2 Å². The van der Waals surface area contributed by atoms with E-state index in [0.717, 1.165) is 10.9 Å². The molecule has 1 atom stereocenters. The summed E-state index contributed by atoms with van der Waals surface area (Å²) in [6.07, 6.45) is -0.559. The maximum absolute atomic E-state index is 10.1. The van der Waals surface area contributed by atoms with Gasteiger partial charge in [0.25, 0.3) is 0 Å². The molecule has 0 aliphatic heterocycles. The van der Waals surface area contributed by atoms with Gasteiger partial charge in [0.15, 0.2) is 0 Å². The molecule has 0 saturated heterocycles. The number of hydrogen-bond acceptors (Lipinski definition) is 3. The molecule has 3 heteroatoms. The highest BCUT2D eigenvalue weighted by molar-refractivity contribution is 5.83. The molecule has 0 bridgehead atoms. The molecule has 2 aromatic rings. The van der Waals surface area contributed by atoms with Gasteiger partial charge < -0.3 is 9.94 Å². The van der Waals surface area contributed by atoms with Gasteiger partial charge in [0.1, 0.15) is 0 Å². The molecule has 1 unspecified atom stereocenters. The second kappa shape index (κ2) is 6.66. The second-order valence-electron chi connectivity index (χ2n) is 5.18. The lowest BCUT2D eigenvalue weighted by Gasteiger charge is -2.14. The molecule has 2 aromatic carbocycles. The first-order chi connectivity index (χ1) is 9.16. The summed E-state index contributed by atoms with van der Waals surface area (Å²) in [6, 6.07) is 14.1. The van der Waals surface area contributed by atoms with E-state index in [2.05, 4.69) is 25.4 Å². The minimum atomic E-state index is -0.559. The van der Waals surface area contributed by atoms with Gasteiger partial charge in [-0.15, -0.1) is 0 Å². The van der Waals surface area contributed by atoms with Crippen molar-refractivity contribution in [3.63, 3.8) is 0 Å². The number of aliphatic hydroxyl groups is 1. The highest BCUT2D eigenvalue weighted by Crippen LogP contribution is 2.19. The van der Waals surface area contributed by atoms with Crippen molar-refractivity contribution in [1.82, 2.24) is 5.48 Å². The first-order valence-corrected chi connectivity index (χ1v) is 6.68. The van der Waals surface area contributed by atoms with E-state index >= 15 is 0 Å². The predicted octanol–water partition coefficient (Wildman–Crippen LogP) is 3.05. The number of nitrogens with one attached hydrogen (secondary N) is 1. The van der Waals surface area contributed by atoms with Crippen LogP contribution in [0.1, 0.15) is 25.5 Å². The fourth-order valence-electron chi connectivity index (χ4n) is 1.90. The second-order valence-corrected chi connectivity index (χ2v) is 5.18. The molecular weight excluding hydrogens is 238 g/mol. The Kier molecular flexibility index (Phi) is 4.91. The first kappa shape index (κ1) is 14.0. The molecule has 102 valence electrons. The summed E-state index contributed by atoms with van der Waals surface area (Å²) in [5.74, 6) is 0.477. The summed E-state index contributed by atoms with van der Waals surface area (Å²) in [4.78, 5) is 5.26. The molecular formula is C16H21NO2. The van der Waals surface area contributed by atoms with Gasteiger partial charge >= 0.3 is 0 Å². The molecule has 0 heterocycles. The molecule has 3 nitrogen and oxygen atoms in total. The van der Waals surface area contributed by atoms with Crippen molar-refractivity contribution in [2.45, 2.75) is 20.0 Å². The van der Waals surface area contributed by atoms with Crippen LogP contribution in [0.25, 0.3) is 10.8 Å². The average molecular weight is 259 g/mol. The zero-order valence-corrected chi connectivity index (χ0v) is 11.5. The van der Waals surface area contributed by atoms with Crippen LogP contribution in [0.5, 0.6) is 0 Å². The molecule has 2 N–H and O–H groups in total. The third-order valence-electron chi connectivity index (χ3n) is 2.95. The molecule has 0 saturated carbocycles. The number of hydrogen-bond donors (Lipinski definition) is 2. The van der Waals surface area contributed by atoms with E-state index in [9.17, 15) is 5.11 Å². The van der Waals surface area contributed by atoms with E-state index in [-0.39, 0.29) is 0 Å². The lowest BCUT2D eigenvalue weighted by atomic mass is 10.0. The van der Waals surface area contributed by atoms with Crippen LogP contribution >= 0.6 is 0 Å². The Hall–Kier alpha value is -1.42. The van der Waals surface area contributed by atoms with Crippen LogP contribution in [0.15, 0.2) is 42.5 Å². The summed E-state index contributed by atoms with van der Waals surface area (Å²) < 4.78 is 0. The topological polar surface area (TPSA) is 41.5 Å². The Morgan fingerprint density at radius 3 is 2.58 bits per heavy atom. The Labute approximate surface area is 114 Å². The Balaban J connectivity index is 1.95. The molecule has 2 rings (SSSR count). The Morgan fingerprint density at radius 2 is 1.84 bits per heavy atom. The highest BCUT2D eigenvalue weighted by Gasteiger charge is 2.08. The van der Waals surface area contributed by atoms with Crippen LogP contribution in [0, 0.1) is 5.92 Å². The van der Waals surface area contributed by atoms with Gasteiger partial charge in [-0.2, -0.15) is 5.48 Å². The molecule has 0 fully saturated rings. The molecule has 0 aliphatic carbocycles. The molecule has 0 aliphatic rings. The van der Waals surface area contributed by atoms with Gasteiger partial charge in [-0.25, -0.2) is 0 Å². The van der Waals surface area contributed by atoms with Crippen molar-refractivity contribution in [2.24, 2.45) is 5.92 Å². The summed E-state index contributed by atoms with van der Waals surface area (Å²) >= 11 is 0. The van der Waals surface area contributed by atoms with Crippen LogP contribution in [0.2, 0.25) is 0 Å². The third-order valence-corrected chi connectivity index (χ3v) is 2.95. The minimum Gasteiger partial charge on any atom is -0.387 e. The van der Waals surface area contributed by atoms with Crippen LogP contribution in [0.3, 0.4) is 0 Å². The van der Waals surface area contributed by atoms with Crippen molar-refractivity contribution in [3.8, 4) is 0 Å². The molecule has 0 radical (unpaired) electrons.